The highest BCUT2D eigenvalue weighted by Gasteiger charge is 2.36. The van der Waals surface area contributed by atoms with Crippen LogP contribution in [0.5, 0.6) is 0 Å². The molecule has 0 aliphatic carbocycles. The largest absolute Gasteiger partial charge is 0.392 e. The molecule has 0 saturated carbocycles. The molecule has 0 aromatic carbocycles. The van der Waals surface area contributed by atoms with E-state index in [-0.39, 0.29) is 21.8 Å². The summed E-state index contributed by atoms with van der Waals surface area (Å²) in [4.78, 5) is 0. The van der Waals surface area contributed by atoms with E-state index in [9.17, 15) is 9.32 Å². The van der Waals surface area contributed by atoms with E-state index in [1.807, 2.05) is 48.5 Å². The van der Waals surface area contributed by atoms with Crippen LogP contribution in [0.2, 0.25) is 0 Å². The van der Waals surface area contributed by atoms with Gasteiger partial charge in [0.05, 0.1) is 11.4 Å². The summed E-state index contributed by atoms with van der Waals surface area (Å²) in [5.41, 5.74) is 0. The summed E-state index contributed by atoms with van der Waals surface area (Å²) in [6, 6.07) is 0. The van der Waals surface area contributed by atoms with Crippen molar-refractivity contribution in [2.75, 3.05) is 0 Å². The van der Waals surface area contributed by atoms with E-state index in [1.165, 1.54) is 0 Å². The van der Waals surface area contributed by atoms with Crippen LogP contribution < -0.4 is 0 Å². The number of aliphatic hydroxyl groups excluding tert-OH is 1. The van der Waals surface area contributed by atoms with Crippen LogP contribution in [-0.4, -0.2) is 25.4 Å². The molecule has 0 aliphatic heterocycles. The van der Waals surface area contributed by atoms with Gasteiger partial charge in [-0.2, -0.15) is 0 Å². The predicted molar refractivity (Wildman–Crippen MR) is 67.4 cm³/mol. The van der Waals surface area contributed by atoms with Gasteiger partial charge in [-0.1, -0.05) is 27.7 Å². The van der Waals surface area contributed by atoms with Crippen LogP contribution in [0.4, 0.5) is 0 Å². The molecule has 0 bridgehead atoms. The minimum absolute atomic E-state index is 0.134. The summed E-state index contributed by atoms with van der Waals surface area (Å²) in [5, 5.41) is 9.96. The SMILES string of the molecule is CC(C)[C@H]([C@@H](O)C(C)C)[S@@](=O)C(C)(C)C. The maximum absolute atomic E-state index is 12.3. The fraction of sp³-hybridized carbons (Fsp3) is 1.00. The molecule has 3 heteroatoms. The zero-order chi connectivity index (χ0) is 12.4. The van der Waals surface area contributed by atoms with Gasteiger partial charge in [-0.05, 0) is 32.6 Å². The zero-order valence-corrected chi connectivity index (χ0v) is 11.9. The van der Waals surface area contributed by atoms with Gasteiger partial charge in [-0.25, -0.2) is 0 Å². The Balaban J connectivity index is 4.91. The lowest BCUT2D eigenvalue weighted by molar-refractivity contribution is 0.107. The van der Waals surface area contributed by atoms with E-state index in [4.69, 9.17) is 0 Å². The van der Waals surface area contributed by atoms with Crippen LogP contribution in [-0.2, 0) is 10.8 Å². The first-order valence-electron chi connectivity index (χ1n) is 5.67. The third-order valence-corrected chi connectivity index (χ3v) is 5.05. The lowest BCUT2D eigenvalue weighted by atomic mass is 9.97. The van der Waals surface area contributed by atoms with Crippen LogP contribution in [0.3, 0.4) is 0 Å². The number of hydrogen-bond donors (Lipinski definition) is 1. The van der Waals surface area contributed by atoms with Gasteiger partial charge in [0.25, 0.3) is 0 Å². The first kappa shape index (κ1) is 15.1. The second-order valence-corrected chi connectivity index (χ2v) is 8.22. The third-order valence-electron chi connectivity index (χ3n) is 2.53. The van der Waals surface area contributed by atoms with E-state index in [2.05, 4.69) is 0 Å². The molecule has 0 unspecified atom stereocenters. The summed E-state index contributed by atoms with van der Waals surface area (Å²) in [6.07, 6.45) is -0.481. The minimum atomic E-state index is -1.01. The predicted octanol–water partition coefficient (Wildman–Crippen LogP) is 2.58. The molecule has 0 fully saturated rings. The Hall–Kier alpha value is 0.110. The Morgan fingerprint density at radius 2 is 1.40 bits per heavy atom. The van der Waals surface area contributed by atoms with Crippen molar-refractivity contribution in [3.05, 3.63) is 0 Å². The molecule has 0 heterocycles. The minimum Gasteiger partial charge on any atom is -0.392 e. The van der Waals surface area contributed by atoms with Gasteiger partial charge in [-0.15, -0.1) is 0 Å². The highest BCUT2D eigenvalue weighted by Crippen LogP contribution is 2.26. The Kier molecular flexibility index (Phi) is 5.48. The summed E-state index contributed by atoms with van der Waals surface area (Å²) < 4.78 is 12.0. The Morgan fingerprint density at radius 3 is 1.60 bits per heavy atom. The number of aliphatic hydroxyl groups is 1. The molecule has 0 saturated heterocycles. The van der Waals surface area contributed by atoms with Crippen LogP contribution in [0.25, 0.3) is 0 Å². The topological polar surface area (TPSA) is 37.3 Å². The van der Waals surface area contributed by atoms with Crippen molar-refractivity contribution in [1.82, 2.24) is 0 Å². The Labute approximate surface area is 96.9 Å². The van der Waals surface area contributed by atoms with Gasteiger partial charge in [0.1, 0.15) is 0 Å². The fourth-order valence-electron chi connectivity index (χ4n) is 1.56. The zero-order valence-electron chi connectivity index (χ0n) is 11.1. The summed E-state index contributed by atoms with van der Waals surface area (Å²) in [6.45, 7) is 13.9. The molecule has 15 heavy (non-hydrogen) atoms. The molecular weight excluding hydrogens is 208 g/mol. The molecule has 3 atom stereocenters. The lowest BCUT2D eigenvalue weighted by Gasteiger charge is -2.33. The van der Waals surface area contributed by atoms with Gasteiger partial charge >= 0.3 is 0 Å². The quantitative estimate of drug-likeness (QED) is 0.812. The molecule has 0 rings (SSSR count). The van der Waals surface area contributed by atoms with Crippen molar-refractivity contribution in [2.24, 2.45) is 11.8 Å². The first-order valence-corrected chi connectivity index (χ1v) is 6.89. The van der Waals surface area contributed by atoms with E-state index in [0.29, 0.717) is 0 Å². The second kappa shape index (κ2) is 5.44. The summed E-state index contributed by atoms with van der Waals surface area (Å²) in [7, 11) is -1.01. The average molecular weight is 234 g/mol. The van der Waals surface area contributed by atoms with Crippen LogP contribution in [0.1, 0.15) is 48.5 Å². The van der Waals surface area contributed by atoms with Gasteiger partial charge in [0.15, 0.2) is 0 Å². The summed E-state index contributed by atoms with van der Waals surface area (Å²) in [5.74, 6) is 0.395. The van der Waals surface area contributed by atoms with Crippen molar-refractivity contribution in [3.8, 4) is 0 Å². The normalized spacial score (nSPS) is 19.3. The Bertz CT molecular complexity index is 216. The lowest BCUT2D eigenvalue weighted by Crippen LogP contribution is -2.44. The fourth-order valence-corrected chi connectivity index (χ4v) is 3.43. The smallest absolute Gasteiger partial charge is 0.0709 e. The highest BCUT2D eigenvalue weighted by atomic mass is 32.2. The Morgan fingerprint density at radius 1 is 1.00 bits per heavy atom. The highest BCUT2D eigenvalue weighted by molar-refractivity contribution is 7.87. The van der Waals surface area contributed by atoms with Gasteiger partial charge in [0.2, 0.25) is 0 Å². The van der Waals surface area contributed by atoms with Crippen molar-refractivity contribution in [2.45, 2.75) is 64.6 Å². The standard InChI is InChI=1S/C12H26O2S/c1-8(2)10(13)11(9(3)4)15(14)12(5,6)7/h8-11,13H,1-7H3/t10-,11+,15+/m0/s1. The maximum Gasteiger partial charge on any atom is 0.0709 e. The van der Waals surface area contributed by atoms with Gasteiger partial charge in [0, 0.05) is 15.5 Å². The van der Waals surface area contributed by atoms with Crippen molar-refractivity contribution < 1.29 is 9.32 Å². The molecular formula is C12H26O2S. The number of hydrogen-bond acceptors (Lipinski definition) is 2. The molecule has 0 aromatic heterocycles. The molecule has 1 N–H and O–H groups in total. The van der Waals surface area contributed by atoms with E-state index in [1.54, 1.807) is 0 Å². The maximum atomic E-state index is 12.3. The van der Waals surface area contributed by atoms with Crippen LogP contribution >= 0.6 is 0 Å². The summed E-state index contributed by atoms with van der Waals surface area (Å²) >= 11 is 0. The molecule has 92 valence electrons. The molecule has 0 aromatic rings. The molecule has 2 nitrogen and oxygen atoms in total. The molecule has 0 aliphatic rings. The van der Waals surface area contributed by atoms with Gasteiger partial charge < -0.3 is 5.11 Å². The molecule has 0 amide bonds. The van der Waals surface area contributed by atoms with Crippen molar-refractivity contribution in [3.63, 3.8) is 0 Å². The van der Waals surface area contributed by atoms with E-state index >= 15 is 0 Å². The first-order chi connectivity index (χ1) is 6.59. The molecule has 0 radical (unpaired) electrons. The average Bonchev–Trinajstić information content (AvgIpc) is 2.01. The van der Waals surface area contributed by atoms with E-state index < -0.39 is 16.9 Å². The van der Waals surface area contributed by atoms with Crippen LogP contribution in [0.15, 0.2) is 0 Å². The monoisotopic (exact) mass is 234 g/mol. The van der Waals surface area contributed by atoms with Gasteiger partial charge in [-0.3, -0.25) is 4.21 Å². The second-order valence-electron chi connectivity index (χ2n) is 5.85. The molecule has 0 spiro atoms. The number of rotatable bonds is 4. The third kappa shape index (κ3) is 4.23. The van der Waals surface area contributed by atoms with Crippen LogP contribution in [0, 0.1) is 11.8 Å². The van der Waals surface area contributed by atoms with Crippen molar-refractivity contribution in [1.29, 1.82) is 0 Å². The van der Waals surface area contributed by atoms with E-state index in [0.717, 1.165) is 0 Å². The van der Waals surface area contributed by atoms with Crippen molar-refractivity contribution >= 4 is 10.8 Å².